The molecule has 1 fully saturated rings. The van der Waals surface area contributed by atoms with E-state index < -0.39 is 28.5 Å². The van der Waals surface area contributed by atoms with Gasteiger partial charge in [0, 0.05) is 35.3 Å². The molecule has 0 amide bonds. The Kier molecular flexibility index (Phi) is 5.81. The van der Waals surface area contributed by atoms with E-state index in [0.29, 0.717) is 0 Å². The zero-order valence-corrected chi connectivity index (χ0v) is 16.7. The largest absolute Gasteiger partial charge is 0.342 e. The lowest BCUT2D eigenvalue weighted by molar-refractivity contribution is -0.465. The van der Waals surface area contributed by atoms with Gasteiger partial charge in [-0.1, -0.05) is 11.6 Å². The van der Waals surface area contributed by atoms with Crippen LogP contribution in [0.2, 0.25) is 5.02 Å². The number of carbonyl (C=O) groups is 1. The number of halogens is 2. The molecule has 1 saturated carbocycles. The molecule has 1 aliphatic rings. The summed E-state index contributed by atoms with van der Waals surface area (Å²) in [5.74, 6) is -1.78. The predicted molar refractivity (Wildman–Crippen MR) is 108 cm³/mol. The van der Waals surface area contributed by atoms with E-state index in [2.05, 4.69) is 5.32 Å². The molecule has 0 spiro atoms. The number of nitro groups is 1. The van der Waals surface area contributed by atoms with Crippen LogP contribution in [0.15, 0.2) is 17.1 Å². The molecule has 2 aromatic rings. The lowest BCUT2D eigenvalue weighted by Crippen LogP contribution is -2.26. The summed E-state index contributed by atoms with van der Waals surface area (Å²) in [6.45, 7) is 0.820. The van der Waals surface area contributed by atoms with Crippen LogP contribution in [0.25, 0.3) is 10.9 Å². The zero-order chi connectivity index (χ0) is 21.5. The number of ketones is 1. The number of pyridine rings is 1. The number of rotatable bonds is 8. The van der Waals surface area contributed by atoms with Crippen molar-refractivity contribution in [2.45, 2.75) is 38.3 Å². The van der Waals surface area contributed by atoms with Crippen molar-refractivity contribution in [1.82, 2.24) is 9.88 Å². The second kappa shape index (κ2) is 8.00. The maximum absolute atomic E-state index is 14.9. The van der Waals surface area contributed by atoms with E-state index in [1.807, 2.05) is 6.92 Å². The Bertz CT molecular complexity index is 1090. The van der Waals surface area contributed by atoms with Crippen molar-refractivity contribution < 1.29 is 14.1 Å². The van der Waals surface area contributed by atoms with Crippen molar-refractivity contribution in [1.29, 1.82) is 5.41 Å². The Hall–Kier alpha value is -2.65. The van der Waals surface area contributed by atoms with Crippen molar-refractivity contribution in [3.63, 3.8) is 0 Å². The lowest BCUT2D eigenvalue weighted by atomic mass is 9.99. The Labute approximate surface area is 170 Å². The summed E-state index contributed by atoms with van der Waals surface area (Å²) in [6, 6.07) is 0.849. The van der Waals surface area contributed by atoms with Gasteiger partial charge in [-0.25, -0.2) is 4.39 Å². The molecule has 0 radical (unpaired) electrons. The molecule has 1 heterocycles. The van der Waals surface area contributed by atoms with Crippen molar-refractivity contribution in [2.24, 2.45) is 0 Å². The Morgan fingerprint density at radius 1 is 1.52 bits per heavy atom. The number of nitrogens with zero attached hydrogens (tertiary/aromatic N) is 2. The highest BCUT2D eigenvalue weighted by molar-refractivity contribution is 6.38. The molecule has 1 atom stereocenters. The third-order valence-electron chi connectivity index (χ3n) is 5.03. The Balaban J connectivity index is 2.25. The molecule has 3 rings (SSSR count). The molecule has 0 bridgehead atoms. The first kappa shape index (κ1) is 21.1. The van der Waals surface area contributed by atoms with Crippen LogP contribution in [0.4, 0.5) is 4.39 Å². The van der Waals surface area contributed by atoms with E-state index in [-0.39, 0.29) is 51.3 Å². The minimum absolute atomic E-state index is 0.0143. The summed E-state index contributed by atoms with van der Waals surface area (Å²) in [5, 5.41) is 21.8. The molecular formula is C19H20ClFN4O4. The van der Waals surface area contributed by atoms with Crippen LogP contribution >= 0.6 is 11.6 Å². The van der Waals surface area contributed by atoms with E-state index in [9.17, 15) is 24.1 Å². The average Bonchev–Trinajstić information content (AvgIpc) is 3.46. The number of fused-ring (bicyclic) bond motifs is 1. The highest BCUT2D eigenvalue weighted by Gasteiger charge is 2.30. The first-order valence-corrected chi connectivity index (χ1v) is 9.50. The summed E-state index contributed by atoms with van der Waals surface area (Å²) in [4.78, 5) is 34.9. The first-order valence-electron chi connectivity index (χ1n) is 9.12. The van der Waals surface area contributed by atoms with Crippen LogP contribution in [0.1, 0.15) is 48.1 Å². The molecule has 0 unspecified atom stereocenters. The molecule has 1 aromatic heterocycles. The smallest absolute Gasteiger partial charge is 0.266 e. The highest BCUT2D eigenvalue weighted by atomic mass is 35.5. The van der Waals surface area contributed by atoms with Gasteiger partial charge in [0.15, 0.2) is 0 Å². The van der Waals surface area contributed by atoms with E-state index in [4.69, 9.17) is 17.0 Å². The van der Waals surface area contributed by atoms with E-state index in [1.165, 1.54) is 6.20 Å². The summed E-state index contributed by atoms with van der Waals surface area (Å²) < 4.78 is 16.5. The minimum Gasteiger partial charge on any atom is -0.342 e. The number of nitrogens with one attached hydrogen (secondary N) is 2. The molecule has 29 heavy (non-hydrogen) atoms. The molecular weight excluding hydrogens is 403 g/mol. The Morgan fingerprint density at radius 3 is 2.72 bits per heavy atom. The molecule has 154 valence electrons. The van der Waals surface area contributed by atoms with Crippen molar-refractivity contribution in [3.8, 4) is 0 Å². The van der Waals surface area contributed by atoms with Gasteiger partial charge in [0.2, 0.25) is 11.2 Å². The molecule has 1 aliphatic carbocycles. The highest BCUT2D eigenvalue weighted by Crippen LogP contribution is 2.40. The van der Waals surface area contributed by atoms with Crippen LogP contribution in [-0.4, -0.2) is 40.6 Å². The molecule has 8 nitrogen and oxygen atoms in total. The fraction of sp³-hybridized carbons (Fsp3) is 0.421. The third-order valence-corrected chi connectivity index (χ3v) is 5.39. The average molecular weight is 423 g/mol. The van der Waals surface area contributed by atoms with Gasteiger partial charge in [0.25, 0.3) is 6.54 Å². The number of hydrogen-bond donors (Lipinski definition) is 2. The van der Waals surface area contributed by atoms with Gasteiger partial charge in [0.05, 0.1) is 27.1 Å². The molecule has 2 N–H and O–H groups in total. The zero-order valence-electron chi connectivity index (χ0n) is 15.9. The van der Waals surface area contributed by atoms with Crippen LogP contribution in [0.3, 0.4) is 0 Å². The van der Waals surface area contributed by atoms with Crippen LogP contribution < -0.4 is 10.7 Å². The lowest BCUT2D eigenvalue weighted by Gasteiger charge is -2.18. The minimum atomic E-state index is -1.02. The fourth-order valence-corrected chi connectivity index (χ4v) is 3.67. The normalized spacial score (nSPS) is 14.8. The SMILES string of the molecule is CN[C@H](C)CC(=N)c1c(F)cc2c(=O)c(C(=O)C[N+](=O)[O-])cn(C3CC3)c2c1Cl. The van der Waals surface area contributed by atoms with Gasteiger partial charge in [-0.05, 0) is 32.9 Å². The monoisotopic (exact) mass is 422 g/mol. The quantitative estimate of drug-likeness (QED) is 0.293. The second-order valence-corrected chi connectivity index (χ2v) is 7.62. The fourth-order valence-electron chi connectivity index (χ4n) is 3.27. The van der Waals surface area contributed by atoms with Gasteiger partial charge in [-0.15, -0.1) is 0 Å². The third kappa shape index (κ3) is 4.06. The van der Waals surface area contributed by atoms with Gasteiger partial charge >= 0.3 is 0 Å². The van der Waals surface area contributed by atoms with Gasteiger partial charge in [0.1, 0.15) is 5.82 Å². The summed E-state index contributed by atoms with van der Waals surface area (Å²) in [5.41, 5.74) is -1.01. The number of benzene rings is 1. The maximum Gasteiger partial charge on any atom is 0.266 e. The maximum atomic E-state index is 14.9. The Morgan fingerprint density at radius 2 is 2.17 bits per heavy atom. The van der Waals surface area contributed by atoms with E-state index in [0.717, 1.165) is 18.9 Å². The second-order valence-electron chi connectivity index (χ2n) is 7.24. The molecule has 10 heteroatoms. The van der Waals surface area contributed by atoms with Crippen LogP contribution in [-0.2, 0) is 0 Å². The standard InChI is InChI=1S/C19H20ClFN4O4/c1-9(23-2)5-14(22)16-13(21)6-11-18(17(16)20)24(10-3-4-10)7-12(19(11)27)15(26)8-25(28)29/h6-7,9-10,22-23H,3-5,8H2,1-2H3/t9-/m1/s1. The topological polar surface area (TPSA) is 118 Å². The van der Waals surface area contributed by atoms with Gasteiger partial charge < -0.3 is 15.3 Å². The van der Waals surface area contributed by atoms with E-state index in [1.54, 1.807) is 11.6 Å². The summed E-state index contributed by atoms with van der Waals surface area (Å²) in [6.07, 6.45) is 3.06. The summed E-state index contributed by atoms with van der Waals surface area (Å²) >= 11 is 6.48. The van der Waals surface area contributed by atoms with Crippen molar-refractivity contribution in [3.05, 3.63) is 54.6 Å². The summed E-state index contributed by atoms with van der Waals surface area (Å²) in [7, 11) is 1.73. The number of carbonyl (C=O) groups excluding carboxylic acids is 1. The number of Topliss-reactive ketones (excluding diaryl/α,β-unsaturated/α-hetero) is 1. The van der Waals surface area contributed by atoms with Crippen LogP contribution in [0.5, 0.6) is 0 Å². The molecule has 1 aromatic carbocycles. The van der Waals surface area contributed by atoms with Gasteiger partial charge in [-0.3, -0.25) is 19.7 Å². The van der Waals surface area contributed by atoms with Crippen molar-refractivity contribution >= 4 is 34.0 Å². The molecule has 0 saturated heterocycles. The first-order chi connectivity index (χ1) is 13.6. The van der Waals surface area contributed by atoms with Crippen molar-refractivity contribution in [2.75, 3.05) is 13.6 Å². The van der Waals surface area contributed by atoms with Gasteiger partial charge in [-0.2, -0.15) is 0 Å². The predicted octanol–water partition coefficient (Wildman–Crippen LogP) is 2.95. The number of aromatic nitrogens is 1. The molecule has 0 aliphatic heterocycles. The van der Waals surface area contributed by atoms with E-state index >= 15 is 0 Å². The number of hydrogen-bond acceptors (Lipinski definition) is 6. The van der Waals surface area contributed by atoms with Crippen LogP contribution in [0, 0.1) is 21.3 Å².